The zero-order valence-electron chi connectivity index (χ0n) is 21.9. The number of nitrogens with zero attached hydrogens (tertiary/aromatic N) is 6. The number of hydrogen-bond acceptors (Lipinski definition) is 7. The molecular formula is C29H28F2N8. The first-order chi connectivity index (χ1) is 18.6. The van der Waals surface area contributed by atoms with Gasteiger partial charge < -0.3 is 10.6 Å². The number of anilines is 2. The largest absolute Gasteiger partial charge is 0.383 e. The van der Waals surface area contributed by atoms with Gasteiger partial charge in [-0.05, 0) is 36.0 Å². The number of alkyl halides is 2. The second kappa shape index (κ2) is 9.95. The fraction of sp³-hybridized carbons (Fsp3) is 0.345. The van der Waals surface area contributed by atoms with Crippen LogP contribution in [-0.4, -0.2) is 32.9 Å². The topological polar surface area (TPSA) is 115 Å². The van der Waals surface area contributed by atoms with Crippen molar-refractivity contribution in [3.8, 4) is 12.1 Å². The lowest BCUT2D eigenvalue weighted by Gasteiger charge is -2.22. The van der Waals surface area contributed by atoms with Crippen LogP contribution in [0, 0.1) is 28.1 Å². The van der Waals surface area contributed by atoms with Crippen molar-refractivity contribution in [2.24, 2.45) is 5.41 Å². The molecule has 1 unspecified atom stereocenters. The van der Waals surface area contributed by atoms with E-state index in [2.05, 4.69) is 58.8 Å². The Hall–Kier alpha value is -4.57. The normalized spacial score (nSPS) is 15.0. The van der Waals surface area contributed by atoms with E-state index in [-0.39, 0.29) is 5.41 Å². The van der Waals surface area contributed by atoms with Gasteiger partial charge in [0.25, 0.3) is 6.43 Å². The molecule has 1 aliphatic rings. The third kappa shape index (κ3) is 5.10. The lowest BCUT2D eigenvalue weighted by Crippen LogP contribution is -2.26. The molecule has 0 spiro atoms. The van der Waals surface area contributed by atoms with Gasteiger partial charge in [-0.3, -0.25) is 4.98 Å². The maximum absolute atomic E-state index is 13.7. The molecule has 2 heterocycles. The van der Waals surface area contributed by atoms with Crippen LogP contribution in [0.3, 0.4) is 0 Å². The van der Waals surface area contributed by atoms with Crippen LogP contribution in [-0.2, 0) is 5.54 Å². The smallest absolute Gasteiger partial charge is 0.263 e. The van der Waals surface area contributed by atoms with Gasteiger partial charge in [-0.25, -0.2) is 13.5 Å². The van der Waals surface area contributed by atoms with Crippen molar-refractivity contribution in [2.45, 2.75) is 51.6 Å². The predicted octanol–water partition coefficient (Wildman–Crippen LogP) is 5.98. The van der Waals surface area contributed by atoms with Gasteiger partial charge in [0.15, 0.2) is 0 Å². The molecule has 1 atom stereocenters. The Balaban J connectivity index is 1.60. The van der Waals surface area contributed by atoms with Gasteiger partial charge in [0, 0.05) is 23.8 Å². The van der Waals surface area contributed by atoms with Crippen molar-refractivity contribution in [2.75, 3.05) is 17.2 Å². The summed E-state index contributed by atoms with van der Waals surface area (Å²) in [5.41, 5.74) is 2.35. The number of halogens is 2. The highest BCUT2D eigenvalue weighted by Gasteiger charge is 2.54. The summed E-state index contributed by atoms with van der Waals surface area (Å²) in [6.45, 7) is 6.85. The third-order valence-corrected chi connectivity index (χ3v) is 6.88. The van der Waals surface area contributed by atoms with Crippen molar-refractivity contribution >= 4 is 22.3 Å². The number of rotatable bonds is 8. The molecule has 0 aliphatic heterocycles. The van der Waals surface area contributed by atoms with Gasteiger partial charge >= 0.3 is 0 Å². The van der Waals surface area contributed by atoms with Crippen LogP contribution in [0.4, 0.5) is 20.2 Å². The van der Waals surface area contributed by atoms with Crippen LogP contribution in [0.5, 0.6) is 0 Å². The standard InChI is InChI=1S/C29H28F2N8/c1-28(2,3)17-35-25-20(14-33)15-34-24-19(13-32)11-21(12-22(24)25)36-26(18-7-5-4-6-8-18)23-16-39(38-37-23)29(9-10-29)27(30)31/h4-8,11-12,15-16,26-27,36H,9-10,17H2,1-3H3,(H,34,35). The zero-order valence-corrected chi connectivity index (χ0v) is 21.9. The SMILES string of the molecule is CC(C)(C)CNc1c(C#N)cnc2c(C#N)cc(NC(c3ccccc3)c3cn(C4(C(F)F)CC4)nn3)cc12. The van der Waals surface area contributed by atoms with Gasteiger partial charge in [0.1, 0.15) is 23.4 Å². The summed E-state index contributed by atoms with van der Waals surface area (Å²) < 4.78 is 28.8. The number of aromatic nitrogens is 4. The first-order valence-electron chi connectivity index (χ1n) is 12.7. The van der Waals surface area contributed by atoms with Crippen molar-refractivity contribution < 1.29 is 8.78 Å². The highest BCUT2D eigenvalue weighted by atomic mass is 19.3. The van der Waals surface area contributed by atoms with Crippen molar-refractivity contribution in [1.29, 1.82) is 10.5 Å². The Morgan fingerprint density at radius 3 is 2.41 bits per heavy atom. The van der Waals surface area contributed by atoms with Crippen LogP contribution < -0.4 is 10.6 Å². The number of nitrogens with one attached hydrogen (secondary N) is 2. The van der Waals surface area contributed by atoms with E-state index in [0.29, 0.717) is 58.5 Å². The van der Waals surface area contributed by atoms with Crippen molar-refractivity contribution in [3.63, 3.8) is 0 Å². The van der Waals surface area contributed by atoms with E-state index in [9.17, 15) is 19.3 Å². The lowest BCUT2D eigenvalue weighted by atomic mass is 9.96. The second-order valence-electron chi connectivity index (χ2n) is 11.1. The fourth-order valence-corrected chi connectivity index (χ4v) is 4.54. The summed E-state index contributed by atoms with van der Waals surface area (Å²) in [6.07, 6.45) is 1.22. The van der Waals surface area contributed by atoms with E-state index < -0.39 is 18.0 Å². The highest BCUT2D eigenvalue weighted by molar-refractivity contribution is 5.99. The minimum atomic E-state index is -2.53. The summed E-state index contributed by atoms with van der Waals surface area (Å²) in [6, 6.07) is 16.9. The molecule has 4 aromatic rings. The molecule has 1 aliphatic carbocycles. The summed E-state index contributed by atoms with van der Waals surface area (Å²) in [5.74, 6) is 0. The third-order valence-electron chi connectivity index (χ3n) is 6.88. The van der Waals surface area contributed by atoms with E-state index in [1.807, 2.05) is 36.4 Å². The first kappa shape index (κ1) is 26.1. The summed E-state index contributed by atoms with van der Waals surface area (Å²) >= 11 is 0. The molecule has 39 heavy (non-hydrogen) atoms. The number of nitriles is 2. The molecule has 8 nitrogen and oxygen atoms in total. The molecule has 1 fully saturated rings. The van der Waals surface area contributed by atoms with Gasteiger partial charge in [-0.2, -0.15) is 10.5 Å². The van der Waals surface area contributed by atoms with Crippen LogP contribution in [0.15, 0.2) is 54.9 Å². The molecule has 5 rings (SSSR count). The van der Waals surface area contributed by atoms with Crippen LogP contribution in [0.25, 0.3) is 10.9 Å². The maximum Gasteiger partial charge on any atom is 0.263 e. The van der Waals surface area contributed by atoms with E-state index >= 15 is 0 Å². The average Bonchev–Trinajstić information content (AvgIpc) is 3.60. The minimum Gasteiger partial charge on any atom is -0.383 e. The van der Waals surface area contributed by atoms with Crippen molar-refractivity contribution in [3.05, 3.63) is 77.2 Å². The monoisotopic (exact) mass is 526 g/mol. The van der Waals surface area contributed by atoms with E-state index in [4.69, 9.17) is 0 Å². The quantitative estimate of drug-likeness (QED) is 0.290. The number of pyridine rings is 1. The Kier molecular flexibility index (Phi) is 6.65. The number of fused-ring (bicyclic) bond motifs is 1. The zero-order chi connectivity index (χ0) is 27.8. The molecule has 1 saturated carbocycles. The molecule has 198 valence electrons. The first-order valence-corrected chi connectivity index (χ1v) is 12.7. The Labute approximate surface area is 225 Å². The number of hydrogen-bond donors (Lipinski definition) is 2. The van der Waals surface area contributed by atoms with Gasteiger partial charge in [0.2, 0.25) is 0 Å². The molecule has 0 radical (unpaired) electrons. The molecule has 10 heteroatoms. The Morgan fingerprint density at radius 2 is 1.79 bits per heavy atom. The molecular weight excluding hydrogens is 498 g/mol. The Morgan fingerprint density at radius 1 is 1.08 bits per heavy atom. The predicted molar refractivity (Wildman–Crippen MR) is 144 cm³/mol. The summed E-state index contributed by atoms with van der Waals surface area (Å²) in [5, 5.41) is 35.5. The minimum absolute atomic E-state index is 0.0579. The summed E-state index contributed by atoms with van der Waals surface area (Å²) in [4.78, 5) is 4.41. The van der Waals surface area contributed by atoms with E-state index in [0.717, 1.165) is 5.56 Å². The highest BCUT2D eigenvalue weighted by Crippen LogP contribution is 2.48. The summed E-state index contributed by atoms with van der Waals surface area (Å²) in [7, 11) is 0. The molecule has 2 aromatic heterocycles. The molecule has 0 saturated heterocycles. The van der Waals surface area contributed by atoms with Gasteiger partial charge in [0.05, 0.1) is 34.6 Å². The number of benzene rings is 2. The fourth-order valence-electron chi connectivity index (χ4n) is 4.54. The van der Waals surface area contributed by atoms with Gasteiger partial charge in [-0.1, -0.05) is 56.3 Å². The molecule has 2 N–H and O–H groups in total. The average molecular weight is 527 g/mol. The van der Waals surface area contributed by atoms with Crippen LogP contribution >= 0.6 is 0 Å². The molecule has 0 bridgehead atoms. The van der Waals surface area contributed by atoms with Gasteiger partial charge in [-0.15, -0.1) is 5.10 Å². The van der Waals surface area contributed by atoms with E-state index in [1.165, 1.54) is 10.9 Å². The Bertz CT molecular complexity index is 1590. The van der Waals surface area contributed by atoms with Crippen molar-refractivity contribution in [1.82, 2.24) is 20.0 Å². The van der Waals surface area contributed by atoms with Crippen LogP contribution in [0.2, 0.25) is 0 Å². The van der Waals surface area contributed by atoms with Crippen LogP contribution in [0.1, 0.15) is 62.0 Å². The second-order valence-corrected chi connectivity index (χ2v) is 11.1. The maximum atomic E-state index is 13.7. The lowest BCUT2D eigenvalue weighted by molar-refractivity contribution is 0.0593. The molecule has 0 amide bonds. The van der Waals surface area contributed by atoms with E-state index in [1.54, 1.807) is 12.3 Å². The molecule has 2 aromatic carbocycles.